The molecule has 0 aliphatic carbocycles. The van der Waals surface area contributed by atoms with Gasteiger partial charge in [0.1, 0.15) is 5.75 Å². The number of methoxy groups -OCH3 is 1. The molecule has 0 radical (unpaired) electrons. The van der Waals surface area contributed by atoms with Gasteiger partial charge in [-0.3, -0.25) is 0 Å². The summed E-state index contributed by atoms with van der Waals surface area (Å²) >= 11 is 0. The van der Waals surface area contributed by atoms with E-state index in [1.165, 1.54) is 5.56 Å². The van der Waals surface area contributed by atoms with E-state index in [2.05, 4.69) is 67.5 Å². The molecular weight excluding hydrogens is 300 g/mol. The first kappa shape index (κ1) is 18.5. The predicted molar refractivity (Wildman–Crippen MR) is 101 cm³/mol. The largest absolute Gasteiger partial charge is 0.497 e. The Morgan fingerprint density at radius 3 is 1.74 bits per heavy atom. The molecule has 2 rings (SSSR count). The molecule has 0 bridgehead atoms. The molecule has 0 aromatic heterocycles. The summed E-state index contributed by atoms with van der Waals surface area (Å²) in [6.07, 6.45) is 0.195. The van der Waals surface area contributed by atoms with E-state index in [-0.39, 0.29) is 16.2 Å². The van der Waals surface area contributed by atoms with Crippen LogP contribution in [0.5, 0.6) is 5.75 Å². The van der Waals surface area contributed by atoms with Gasteiger partial charge in [0.05, 0.1) is 13.2 Å². The highest BCUT2D eigenvalue weighted by atomic mass is 28.4. The fraction of sp³-hybridized carbons (Fsp3) is 0.700. The molecular formula is C20H34O2Si. The Kier molecular flexibility index (Phi) is 4.78. The van der Waals surface area contributed by atoms with Gasteiger partial charge in [-0.15, -0.1) is 0 Å². The molecule has 2 nitrogen and oxygen atoms in total. The van der Waals surface area contributed by atoms with Gasteiger partial charge in [0.25, 0.3) is 0 Å². The Hall–Kier alpha value is -0.803. The van der Waals surface area contributed by atoms with E-state index in [9.17, 15) is 0 Å². The van der Waals surface area contributed by atoms with Crippen LogP contribution in [0.1, 0.15) is 67.1 Å². The maximum atomic E-state index is 7.06. The van der Waals surface area contributed by atoms with Crippen LogP contribution >= 0.6 is 0 Å². The molecule has 0 amide bonds. The maximum absolute atomic E-state index is 7.06. The lowest BCUT2D eigenvalue weighted by atomic mass is 9.95. The molecule has 3 atom stereocenters. The summed E-state index contributed by atoms with van der Waals surface area (Å²) in [5.41, 5.74) is 1.91. The van der Waals surface area contributed by atoms with Crippen molar-refractivity contribution >= 4 is 8.32 Å². The van der Waals surface area contributed by atoms with Gasteiger partial charge in [0.15, 0.2) is 0 Å². The molecule has 0 saturated carbocycles. The van der Waals surface area contributed by atoms with E-state index in [0.29, 0.717) is 11.5 Å². The third-order valence-electron chi connectivity index (χ3n) is 5.89. The van der Waals surface area contributed by atoms with Crippen LogP contribution in [0.2, 0.25) is 15.6 Å². The second-order valence-electron chi connectivity index (χ2n) is 9.20. The Balaban J connectivity index is 2.46. The monoisotopic (exact) mass is 334 g/mol. The Morgan fingerprint density at radius 1 is 0.913 bits per heavy atom. The van der Waals surface area contributed by atoms with Crippen LogP contribution < -0.4 is 4.74 Å². The van der Waals surface area contributed by atoms with Crippen LogP contribution in [-0.4, -0.2) is 15.4 Å². The highest BCUT2D eigenvalue weighted by Crippen LogP contribution is 2.66. The normalized spacial score (nSPS) is 28.0. The lowest BCUT2D eigenvalue weighted by Crippen LogP contribution is -2.54. The SMILES string of the molecule is COc1ccc([C@@H]2O[Si](C(C)(C)C)(C(C)(C)C)[C@H](C)[C@@H]2C)cc1. The minimum atomic E-state index is -2.00. The Labute approximate surface area is 143 Å². The molecule has 23 heavy (non-hydrogen) atoms. The zero-order chi connectivity index (χ0) is 17.6. The molecule has 0 unspecified atom stereocenters. The second kappa shape index (κ2) is 5.93. The summed E-state index contributed by atoms with van der Waals surface area (Å²) < 4.78 is 12.4. The van der Waals surface area contributed by atoms with Gasteiger partial charge in [-0.2, -0.15) is 0 Å². The van der Waals surface area contributed by atoms with E-state index >= 15 is 0 Å². The lowest BCUT2D eigenvalue weighted by Gasteiger charge is -2.51. The molecule has 130 valence electrons. The molecule has 1 aromatic rings. The third-order valence-corrected chi connectivity index (χ3v) is 12.8. The van der Waals surface area contributed by atoms with Crippen molar-refractivity contribution in [2.24, 2.45) is 5.92 Å². The number of ether oxygens (including phenoxy) is 1. The van der Waals surface area contributed by atoms with Crippen molar-refractivity contribution in [1.82, 2.24) is 0 Å². The van der Waals surface area contributed by atoms with E-state index < -0.39 is 8.32 Å². The van der Waals surface area contributed by atoms with Crippen LogP contribution in [0.4, 0.5) is 0 Å². The average molecular weight is 335 g/mol. The highest BCUT2D eigenvalue weighted by Gasteiger charge is 2.65. The van der Waals surface area contributed by atoms with E-state index in [1.807, 2.05) is 12.1 Å². The number of hydrogen-bond acceptors (Lipinski definition) is 2. The minimum absolute atomic E-state index is 0.195. The minimum Gasteiger partial charge on any atom is -0.497 e. The van der Waals surface area contributed by atoms with E-state index in [4.69, 9.17) is 9.16 Å². The van der Waals surface area contributed by atoms with Gasteiger partial charge < -0.3 is 9.16 Å². The fourth-order valence-corrected chi connectivity index (χ4v) is 12.6. The summed E-state index contributed by atoms with van der Waals surface area (Å²) in [5, 5.41) is 0.417. The van der Waals surface area contributed by atoms with Crippen LogP contribution in [-0.2, 0) is 4.43 Å². The molecule has 1 aromatic carbocycles. The number of benzene rings is 1. The zero-order valence-corrected chi connectivity index (χ0v) is 17.4. The van der Waals surface area contributed by atoms with Crippen LogP contribution in [0.3, 0.4) is 0 Å². The average Bonchev–Trinajstić information content (AvgIpc) is 2.72. The lowest BCUT2D eigenvalue weighted by molar-refractivity contribution is 0.168. The first-order chi connectivity index (χ1) is 10.5. The molecule has 1 heterocycles. The number of hydrogen-bond donors (Lipinski definition) is 0. The first-order valence-electron chi connectivity index (χ1n) is 8.77. The van der Waals surface area contributed by atoms with E-state index in [1.54, 1.807) is 7.11 Å². The van der Waals surface area contributed by atoms with Gasteiger partial charge in [0.2, 0.25) is 8.32 Å². The van der Waals surface area contributed by atoms with Crippen LogP contribution in [0.25, 0.3) is 0 Å². The quantitative estimate of drug-likeness (QED) is 0.588. The smallest absolute Gasteiger partial charge is 0.207 e. The molecule has 1 aliphatic heterocycles. The molecule has 0 N–H and O–H groups in total. The molecule has 3 heteroatoms. The van der Waals surface area contributed by atoms with Gasteiger partial charge in [0, 0.05) is 0 Å². The molecule has 1 aliphatic rings. The molecule has 1 fully saturated rings. The highest BCUT2D eigenvalue weighted by molar-refractivity contribution is 6.81. The molecule has 1 saturated heterocycles. The van der Waals surface area contributed by atoms with Crippen molar-refractivity contribution in [1.29, 1.82) is 0 Å². The summed E-state index contributed by atoms with van der Waals surface area (Å²) in [6.45, 7) is 19.1. The topological polar surface area (TPSA) is 18.5 Å². The van der Waals surface area contributed by atoms with Crippen LogP contribution in [0, 0.1) is 5.92 Å². The van der Waals surface area contributed by atoms with Crippen molar-refractivity contribution < 1.29 is 9.16 Å². The van der Waals surface area contributed by atoms with E-state index in [0.717, 1.165) is 5.75 Å². The summed E-state index contributed by atoms with van der Waals surface area (Å²) in [6, 6.07) is 8.43. The van der Waals surface area contributed by atoms with Gasteiger partial charge in [-0.1, -0.05) is 67.5 Å². The standard InChI is InChI=1S/C20H34O2Si/c1-14-15(2)23(19(3,4)5,20(6,7)8)22-18(14)16-10-12-17(21-9)13-11-16/h10-15,18H,1-9H3/t14-,15+,18+/m0/s1. The zero-order valence-electron chi connectivity index (χ0n) is 16.4. The van der Waals surface area contributed by atoms with Gasteiger partial charge in [-0.25, -0.2) is 0 Å². The van der Waals surface area contributed by atoms with Gasteiger partial charge in [-0.05, 0) is 39.2 Å². The first-order valence-corrected chi connectivity index (χ1v) is 10.8. The molecule has 0 spiro atoms. The second-order valence-corrected chi connectivity index (χ2v) is 14.8. The van der Waals surface area contributed by atoms with Gasteiger partial charge >= 0.3 is 0 Å². The predicted octanol–water partition coefficient (Wildman–Crippen LogP) is 6.34. The summed E-state index contributed by atoms with van der Waals surface area (Å²) in [4.78, 5) is 0. The number of rotatable bonds is 2. The Morgan fingerprint density at radius 2 is 1.39 bits per heavy atom. The van der Waals surface area contributed by atoms with Crippen molar-refractivity contribution in [3.8, 4) is 5.75 Å². The maximum Gasteiger partial charge on any atom is 0.207 e. The summed E-state index contributed by atoms with van der Waals surface area (Å²) in [7, 11) is -0.290. The van der Waals surface area contributed by atoms with Crippen LogP contribution in [0.15, 0.2) is 24.3 Å². The van der Waals surface area contributed by atoms with Crippen molar-refractivity contribution in [3.63, 3.8) is 0 Å². The fourth-order valence-electron chi connectivity index (χ4n) is 5.06. The van der Waals surface area contributed by atoms with Crippen molar-refractivity contribution in [3.05, 3.63) is 29.8 Å². The third kappa shape index (κ3) is 2.87. The van der Waals surface area contributed by atoms with Crippen molar-refractivity contribution in [2.45, 2.75) is 77.1 Å². The van der Waals surface area contributed by atoms with Crippen molar-refractivity contribution in [2.75, 3.05) is 7.11 Å². The Bertz CT molecular complexity index is 522. The summed E-state index contributed by atoms with van der Waals surface area (Å²) in [5.74, 6) is 1.44.